The van der Waals surface area contributed by atoms with Gasteiger partial charge in [0.15, 0.2) is 6.54 Å². The van der Waals surface area contributed by atoms with Crippen LogP contribution >= 0.6 is 0 Å². The maximum atomic E-state index is 12.7. The largest absolute Gasteiger partial charge is 0.416 e. The third-order valence-corrected chi connectivity index (χ3v) is 6.92. The molecule has 0 saturated carbocycles. The zero-order valence-electron chi connectivity index (χ0n) is 16.1. The van der Waals surface area contributed by atoms with Crippen LogP contribution in [-0.4, -0.2) is 57.4 Å². The summed E-state index contributed by atoms with van der Waals surface area (Å²) in [7, 11) is -3.85. The van der Waals surface area contributed by atoms with E-state index < -0.39 is 21.8 Å². The Morgan fingerprint density at radius 3 is 2.14 bits per heavy atom. The van der Waals surface area contributed by atoms with Gasteiger partial charge in [-0.1, -0.05) is 13.8 Å². The number of hydrogen-bond acceptors (Lipinski definition) is 3. The SMILES string of the molecule is CCC(CC)NC(=O)C[NH+]1CCN(S(=O)(=O)c2ccc(C(F)(F)F)cc2)CC1. The van der Waals surface area contributed by atoms with Gasteiger partial charge >= 0.3 is 6.18 Å². The van der Waals surface area contributed by atoms with Crippen molar-refractivity contribution in [3.05, 3.63) is 29.8 Å². The van der Waals surface area contributed by atoms with Gasteiger partial charge in [0, 0.05) is 6.04 Å². The second-order valence-electron chi connectivity index (χ2n) is 6.93. The van der Waals surface area contributed by atoms with Crippen LogP contribution in [0.3, 0.4) is 0 Å². The summed E-state index contributed by atoms with van der Waals surface area (Å²) < 4.78 is 64.5. The van der Waals surface area contributed by atoms with Crippen molar-refractivity contribution in [3.63, 3.8) is 0 Å². The highest BCUT2D eigenvalue weighted by Gasteiger charge is 2.33. The summed E-state index contributed by atoms with van der Waals surface area (Å²) in [5.41, 5.74) is -0.885. The Morgan fingerprint density at radius 1 is 1.14 bits per heavy atom. The number of halogens is 3. The van der Waals surface area contributed by atoms with E-state index in [4.69, 9.17) is 0 Å². The lowest BCUT2D eigenvalue weighted by molar-refractivity contribution is -0.895. The first kappa shape index (κ1) is 22.6. The molecular formula is C18H27F3N3O3S+. The number of piperazine rings is 1. The number of benzene rings is 1. The van der Waals surface area contributed by atoms with Crippen LogP contribution < -0.4 is 10.2 Å². The maximum Gasteiger partial charge on any atom is 0.416 e. The van der Waals surface area contributed by atoms with Gasteiger partial charge in [0.1, 0.15) is 0 Å². The van der Waals surface area contributed by atoms with Gasteiger partial charge in [-0.3, -0.25) is 4.79 Å². The summed E-state index contributed by atoms with van der Waals surface area (Å²) in [5, 5.41) is 2.96. The lowest BCUT2D eigenvalue weighted by Gasteiger charge is -2.31. The second-order valence-corrected chi connectivity index (χ2v) is 8.87. The number of nitrogens with zero attached hydrogens (tertiary/aromatic N) is 1. The van der Waals surface area contributed by atoms with Gasteiger partial charge < -0.3 is 10.2 Å². The molecule has 2 rings (SSSR count). The quantitative estimate of drug-likeness (QED) is 0.686. The van der Waals surface area contributed by atoms with Crippen LogP contribution in [-0.2, 0) is 21.0 Å². The highest BCUT2D eigenvalue weighted by atomic mass is 32.2. The molecule has 158 valence electrons. The van der Waals surface area contributed by atoms with Gasteiger partial charge in [0.05, 0.1) is 36.6 Å². The Balaban J connectivity index is 1.94. The molecule has 1 aliphatic rings. The Morgan fingerprint density at radius 2 is 1.68 bits per heavy atom. The van der Waals surface area contributed by atoms with Crippen molar-refractivity contribution in [1.29, 1.82) is 0 Å². The number of carbonyl (C=O) groups is 1. The smallest absolute Gasteiger partial charge is 0.349 e. The van der Waals surface area contributed by atoms with Crippen molar-refractivity contribution in [2.24, 2.45) is 0 Å². The van der Waals surface area contributed by atoms with Crippen molar-refractivity contribution in [2.75, 3.05) is 32.7 Å². The lowest BCUT2D eigenvalue weighted by atomic mass is 10.2. The fourth-order valence-corrected chi connectivity index (χ4v) is 4.62. The Hall–Kier alpha value is -1.65. The van der Waals surface area contributed by atoms with E-state index in [9.17, 15) is 26.4 Å². The molecule has 1 heterocycles. The topological polar surface area (TPSA) is 70.9 Å². The molecule has 1 aromatic carbocycles. The van der Waals surface area contributed by atoms with Crippen molar-refractivity contribution in [3.8, 4) is 0 Å². The minimum Gasteiger partial charge on any atom is -0.349 e. The van der Waals surface area contributed by atoms with E-state index in [0.29, 0.717) is 13.1 Å². The molecule has 1 aliphatic heterocycles. The molecule has 0 aromatic heterocycles. The van der Waals surface area contributed by atoms with E-state index in [0.717, 1.165) is 42.0 Å². The number of rotatable bonds is 7. The first-order valence-corrected chi connectivity index (χ1v) is 10.8. The average molecular weight is 422 g/mol. The molecule has 0 aliphatic carbocycles. The summed E-state index contributed by atoms with van der Waals surface area (Å²) in [5.74, 6) is -0.0530. The van der Waals surface area contributed by atoms with E-state index in [-0.39, 0.29) is 36.5 Å². The van der Waals surface area contributed by atoms with Crippen LogP contribution in [0.25, 0.3) is 0 Å². The second kappa shape index (κ2) is 9.23. The van der Waals surface area contributed by atoms with Crippen molar-refractivity contribution in [2.45, 2.75) is 43.8 Å². The fraction of sp³-hybridized carbons (Fsp3) is 0.611. The first-order chi connectivity index (χ1) is 13.1. The molecule has 2 N–H and O–H groups in total. The van der Waals surface area contributed by atoms with E-state index >= 15 is 0 Å². The summed E-state index contributed by atoms with van der Waals surface area (Å²) in [6, 6.07) is 3.67. The van der Waals surface area contributed by atoms with Crippen LogP contribution in [0.1, 0.15) is 32.3 Å². The van der Waals surface area contributed by atoms with Gasteiger partial charge in [-0.2, -0.15) is 17.5 Å². The first-order valence-electron chi connectivity index (χ1n) is 9.38. The summed E-state index contributed by atoms with van der Waals surface area (Å²) in [6.45, 7) is 5.67. The lowest BCUT2D eigenvalue weighted by Crippen LogP contribution is -3.15. The van der Waals surface area contributed by atoms with Crippen LogP contribution in [0.5, 0.6) is 0 Å². The zero-order valence-corrected chi connectivity index (χ0v) is 16.9. The third-order valence-electron chi connectivity index (χ3n) is 5.01. The number of alkyl halides is 3. The van der Waals surface area contributed by atoms with Crippen LogP contribution in [0.4, 0.5) is 13.2 Å². The van der Waals surface area contributed by atoms with Gasteiger partial charge in [-0.15, -0.1) is 0 Å². The Labute approximate surface area is 163 Å². The van der Waals surface area contributed by atoms with E-state index in [2.05, 4.69) is 5.32 Å². The van der Waals surface area contributed by atoms with E-state index in [1.54, 1.807) is 0 Å². The molecule has 1 amide bonds. The average Bonchev–Trinajstić information content (AvgIpc) is 2.66. The Bertz CT molecular complexity index is 755. The molecule has 0 radical (unpaired) electrons. The minimum absolute atomic E-state index is 0.0530. The number of carbonyl (C=O) groups excluding carboxylic acids is 1. The summed E-state index contributed by atoms with van der Waals surface area (Å²) in [4.78, 5) is 12.9. The molecular weight excluding hydrogens is 395 g/mol. The Kier molecular flexibility index (Phi) is 7.46. The van der Waals surface area contributed by atoms with E-state index in [1.807, 2.05) is 13.8 Å². The monoisotopic (exact) mass is 422 g/mol. The molecule has 0 spiro atoms. The van der Waals surface area contributed by atoms with Gasteiger partial charge in [0.25, 0.3) is 5.91 Å². The minimum atomic E-state index is -4.51. The maximum absolute atomic E-state index is 12.7. The highest BCUT2D eigenvalue weighted by molar-refractivity contribution is 7.89. The summed E-state index contributed by atoms with van der Waals surface area (Å²) >= 11 is 0. The molecule has 6 nitrogen and oxygen atoms in total. The van der Waals surface area contributed by atoms with Crippen LogP contribution in [0, 0.1) is 0 Å². The molecule has 10 heteroatoms. The molecule has 1 saturated heterocycles. The summed E-state index contributed by atoms with van der Waals surface area (Å²) in [6.07, 6.45) is -2.79. The molecule has 28 heavy (non-hydrogen) atoms. The molecule has 0 bridgehead atoms. The number of hydrogen-bond donors (Lipinski definition) is 2. The molecule has 0 unspecified atom stereocenters. The predicted molar refractivity (Wildman–Crippen MR) is 98.3 cm³/mol. The fourth-order valence-electron chi connectivity index (χ4n) is 3.18. The predicted octanol–water partition coefficient (Wildman–Crippen LogP) is 0.899. The number of nitrogens with one attached hydrogen (secondary N) is 2. The third kappa shape index (κ3) is 5.68. The van der Waals surface area contributed by atoms with Crippen molar-refractivity contribution in [1.82, 2.24) is 9.62 Å². The molecule has 0 atom stereocenters. The van der Waals surface area contributed by atoms with Crippen molar-refractivity contribution >= 4 is 15.9 Å². The van der Waals surface area contributed by atoms with Gasteiger partial charge in [-0.25, -0.2) is 8.42 Å². The van der Waals surface area contributed by atoms with Crippen LogP contribution in [0.2, 0.25) is 0 Å². The van der Waals surface area contributed by atoms with Crippen LogP contribution in [0.15, 0.2) is 29.2 Å². The number of quaternary nitrogens is 1. The molecule has 1 aromatic rings. The highest BCUT2D eigenvalue weighted by Crippen LogP contribution is 2.30. The van der Waals surface area contributed by atoms with E-state index in [1.165, 1.54) is 4.31 Å². The molecule has 1 fully saturated rings. The standard InChI is InChI=1S/C18H26F3N3O3S/c1-3-15(4-2)22-17(25)13-23-9-11-24(12-10-23)28(26,27)16-7-5-14(6-8-16)18(19,20)21/h5-8,15H,3-4,9-13H2,1-2H3,(H,22,25)/p+1. The van der Waals surface area contributed by atoms with Crippen molar-refractivity contribution < 1.29 is 31.3 Å². The van der Waals surface area contributed by atoms with Gasteiger partial charge in [-0.05, 0) is 37.1 Å². The zero-order chi connectivity index (χ0) is 20.9. The number of amides is 1. The van der Waals surface area contributed by atoms with Gasteiger partial charge in [0.2, 0.25) is 10.0 Å². The normalized spacial score (nSPS) is 17.1. The number of sulfonamides is 1.